The van der Waals surface area contributed by atoms with Crippen LogP contribution in [0.3, 0.4) is 0 Å². The summed E-state index contributed by atoms with van der Waals surface area (Å²) in [5.41, 5.74) is -4.90. The summed E-state index contributed by atoms with van der Waals surface area (Å²) in [5, 5.41) is 8.29. The molecule has 0 aromatic carbocycles. The lowest BCUT2D eigenvalue weighted by molar-refractivity contribution is -0.162. The second-order valence-corrected chi connectivity index (χ2v) is 3.32. The Bertz CT molecular complexity index is 518. The Hall–Kier alpha value is -2.06. The first-order chi connectivity index (χ1) is 8.53. The van der Waals surface area contributed by atoms with E-state index in [0.29, 0.717) is 18.3 Å². The minimum Gasteiger partial charge on any atom is -0.478 e. The number of nitrogens with zero attached hydrogens (tertiary/aromatic N) is 1. The first-order valence-electron chi connectivity index (χ1n) is 4.57. The van der Waals surface area contributed by atoms with Gasteiger partial charge in [0.05, 0.1) is 11.1 Å². The number of alkyl halides is 6. The largest absolute Gasteiger partial charge is 0.478 e. The van der Waals surface area contributed by atoms with E-state index in [1.807, 2.05) is 0 Å². The third-order valence-corrected chi connectivity index (χ3v) is 1.97. The van der Waals surface area contributed by atoms with Crippen LogP contribution in [0.15, 0.2) is 18.5 Å². The minimum atomic E-state index is -5.29. The number of aliphatic carboxylic acids is 1. The second-order valence-electron chi connectivity index (χ2n) is 3.32. The summed E-state index contributed by atoms with van der Waals surface area (Å²) in [4.78, 5) is 13.2. The average molecular weight is 285 g/mol. The Labute approximate surface area is 102 Å². The topological polar surface area (TPSA) is 50.2 Å². The van der Waals surface area contributed by atoms with E-state index in [2.05, 4.69) is 4.98 Å². The van der Waals surface area contributed by atoms with E-state index in [-0.39, 0.29) is 6.20 Å². The molecule has 0 saturated carbocycles. The molecule has 0 fully saturated rings. The maximum absolute atomic E-state index is 12.7. The van der Waals surface area contributed by atoms with Crippen molar-refractivity contribution in [2.75, 3.05) is 0 Å². The lowest BCUT2D eigenvalue weighted by Crippen LogP contribution is -2.18. The van der Waals surface area contributed by atoms with E-state index in [0.717, 1.165) is 0 Å². The van der Waals surface area contributed by atoms with E-state index < -0.39 is 35.0 Å². The smallest absolute Gasteiger partial charge is 0.418 e. The van der Waals surface area contributed by atoms with Gasteiger partial charge in [0.1, 0.15) is 0 Å². The van der Waals surface area contributed by atoms with Gasteiger partial charge in [0.2, 0.25) is 0 Å². The Morgan fingerprint density at radius 2 is 1.68 bits per heavy atom. The molecule has 0 aliphatic heterocycles. The molecule has 1 N–H and O–H groups in total. The van der Waals surface area contributed by atoms with Crippen LogP contribution in [0.25, 0.3) is 6.08 Å². The summed E-state index contributed by atoms with van der Waals surface area (Å²) >= 11 is 0. The van der Waals surface area contributed by atoms with Gasteiger partial charge in [-0.05, 0) is 6.08 Å². The molecule has 0 atom stereocenters. The highest BCUT2D eigenvalue weighted by molar-refractivity contribution is 5.85. The van der Waals surface area contributed by atoms with Gasteiger partial charge < -0.3 is 5.11 Å². The zero-order chi connectivity index (χ0) is 14.8. The van der Waals surface area contributed by atoms with Crippen LogP contribution in [0.1, 0.15) is 16.7 Å². The molecule has 0 amide bonds. The van der Waals surface area contributed by atoms with Gasteiger partial charge in [0.25, 0.3) is 0 Å². The van der Waals surface area contributed by atoms with Gasteiger partial charge in [-0.1, -0.05) is 0 Å². The standard InChI is InChI=1S/C10H5F6NO2/c11-9(12,13)6-4-17-3-5(1-2-7(18)19)8(6)10(14,15)16/h1-4H,(H,18,19)/b2-1+. The van der Waals surface area contributed by atoms with Gasteiger partial charge in [-0.15, -0.1) is 0 Å². The molecule has 9 heteroatoms. The van der Waals surface area contributed by atoms with E-state index in [9.17, 15) is 31.1 Å². The van der Waals surface area contributed by atoms with Crippen molar-refractivity contribution in [1.82, 2.24) is 4.98 Å². The van der Waals surface area contributed by atoms with Crippen molar-refractivity contribution >= 4 is 12.0 Å². The fourth-order valence-electron chi connectivity index (χ4n) is 1.30. The number of carboxylic acids is 1. The quantitative estimate of drug-likeness (QED) is 0.670. The van der Waals surface area contributed by atoms with Crippen LogP contribution in [-0.4, -0.2) is 16.1 Å². The Kier molecular flexibility index (Phi) is 3.87. The molecular weight excluding hydrogens is 280 g/mol. The van der Waals surface area contributed by atoms with Crippen molar-refractivity contribution < 1.29 is 36.2 Å². The van der Waals surface area contributed by atoms with Gasteiger partial charge in [-0.3, -0.25) is 4.98 Å². The molecule has 0 aliphatic carbocycles. The number of hydrogen-bond donors (Lipinski definition) is 1. The van der Waals surface area contributed by atoms with Gasteiger partial charge in [0, 0.05) is 24.0 Å². The summed E-state index contributed by atoms with van der Waals surface area (Å²) in [6.07, 6.45) is -9.27. The van der Waals surface area contributed by atoms with Gasteiger partial charge >= 0.3 is 18.3 Å². The number of carbonyl (C=O) groups is 1. The van der Waals surface area contributed by atoms with E-state index >= 15 is 0 Å². The molecule has 0 aliphatic rings. The van der Waals surface area contributed by atoms with Gasteiger partial charge in [-0.25, -0.2) is 4.79 Å². The van der Waals surface area contributed by atoms with Crippen LogP contribution in [-0.2, 0) is 17.1 Å². The zero-order valence-electron chi connectivity index (χ0n) is 8.88. The molecule has 0 radical (unpaired) electrons. The number of pyridine rings is 1. The Balaban J connectivity index is 3.53. The summed E-state index contributed by atoms with van der Waals surface area (Å²) < 4.78 is 75.4. The fraction of sp³-hybridized carbons (Fsp3) is 0.200. The van der Waals surface area contributed by atoms with Crippen molar-refractivity contribution in [3.05, 3.63) is 35.2 Å². The summed E-state index contributed by atoms with van der Waals surface area (Å²) in [7, 11) is 0. The van der Waals surface area contributed by atoms with Crippen molar-refractivity contribution in [1.29, 1.82) is 0 Å². The van der Waals surface area contributed by atoms with Gasteiger partial charge in [-0.2, -0.15) is 26.3 Å². The predicted molar refractivity (Wildman–Crippen MR) is 50.9 cm³/mol. The van der Waals surface area contributed by atoms with Crippen molar-refractivity contribution in [2.24, 2.45) is 0 Å². The molecule has 1 rings (SSSR count). The minimum absolute atomic E-state index is 0.0426. The highest BCUT2D eigenvalue weighted by Gasteiger charge is 2.44. The van der Waals surface area contributed by atoms with Crippen LogP contribution >= 0.6 is 0 Å². The molecule has 1 aromatic heterocycles. The summed E-state index contributed by atoms with van der Waals surface area (Å²) in [6.45, 7) is 0. The average Bonchev–Trinajstić information content (AvgIpc) is 2.23. The first kappa shape index (κ1) is 15.0. The molecular formula is C10H5F6NO2. The molecule has 0 bridgehead atoms. The van der Waals surface area contributed by atoms with E-state index in [1.54, 1.807) is 0 Å². The normalized spacial score (nSPS) is 12.9. The van der Waals surface area contributed by atoms with E-state index in [1.165, 1.54) is 0 Å². The summed E-state index contributed by atoms with van der Waals surface area (Å²) in [6, 6.07) is 0. The number of aromatic nitrogens is 1. The summed E-state index contributed by atoms with van der Waals surface area (Å²) in [5.74, 6) is -1.59. The van der Waals surface area contributed by atoms with Crippen LogP contribution in [0.4, 0.5) is 26.3 Å². The molecule has 3 nitrogen and oxygen atoms in total. The van der Waals surface area contributed by atoms with Crippen LogP contribution in [0, 0.1) is 0 Å². The maximum Gasteiger partial charge on any atom is 0.418 e. The highest BCUT2D eigenvalue weighted by atomic mass is 19.4. The SMILES string of the molecule is O=C(O)/C=C/c1cncc(C(F)(F)F)c1C(F)(F)F. The monoisotopic (exact) mass is 285 g/mol. The molecule has 19 heavy (non-hydrogen) atoms. The van der Waals surface area contributed by atoms with E-state index in [4.69, 9.17) is 5.11 Å². The van der Waals surface area contributed by atoms with Crippen molar-refractivity contribution in [3.63, 3.8) is 0 Å². The number of rotatable bonds is 2. The fourth-order valence-corrected chi connectivity index (χ4v) is 1.30. The first-order valence-corrected chi connectivity index (χ1v) is 4.57. The Morgan fingerprint density at radius 1 is 1.11 bits per heavy atom. The molecule has 1 heterocycles. The second kappa shape index (κ2) is 4.90. The number of carboxylic acid groups (broad SMARTS) is 1. The van der Waals surface area contributed by atoms with Crippen LogP contribution < -0.4 is 0 Å². The molecule has 1 aromatic rings. The lowest BCUT2D eigenvalue weighted by Gasteiger charge is -2.16. The molecule has 0 spiro atoms. The maximum atomic E-state index is 12.7. The Morgan fingerprint density at radius 3 is 2.11 bits per heavy atom. The zero-order valence-corrected chi connectivity index (χ0v) is 8.88. The van der Waals surface area contributed by atoms with Crippen molar-refractivity contribution in [2.45, 2.75) is 12.4 Å². The third-order valence-electron chi connectivity index (χ3n) is 1.97. The van der Waals surface area contributed by atoms with Crippen molar-refractivity contribution in [3.8, 4) is 0 Å². The molecule has 0 unspecified atom stereocenters. The lowest BCUT2D eigenvalue weighted by atomic mass is 10.0. The van der Waals surface area contributed by atoms with Crippen LogP contribution in [0.5, 0.6) is 0 Å². The number of halogens is 6. The third kappa shape index (κ3) is 3.70. The predicted octanol–water partition coefficient (Wildman–Crippen LogP) is 3.22. The highest BCUT2D eigenvalue weighted by Crippen LogP contribution is 2.41. The van der Waals surface area contributed by atoms with Crippen LogP contribution in [0.2, 0.25) is 0 Å². The van der Waals surface area contributed by atoms with Gasteiger partial charge in [0.15, 0.2) is 0 Å². The molecule has 0 saturated heterocycles. The molecule has 104 valence electrons. The number of hydrogen-bond acceptors (Lipinski definition) is 2.